The van der Waals surface area contributed by atoms with Gasteiger partial charge in [-0.1, -0.05) is 66.7 Å². The maximum atomic E-state index is 13.9. The van der Waals surface area contributed by atoms with Gasteiger partial charge in [0, 0.05) is 24.2 Å². The molecule has 2 aliphatic heterocycles. The molecule has 27 heavy (non-hydrogen) atoms. The van der Waals surface area contributed by atoms with Crippen molar-refractivity contribution in [3.63, 3.8) is 0 Å². The average Bonchev–Trinajstić information content (AvgIpc) is 2.72. The second-order valence-corrected chi connectivity index (χ2v) is 7.32. The van der Waals surface area contributed by atoms with Crippen LogP contribution < -0.4 is 4.74 Å². The fourth-order valence-corrected chi connectivity index (χ4v) is 4.55. The summed E-state index contributed by atoms with van der Waals surface area (Å²) in [6, 6.07) is 26.2. The first-order valence-electron chi connectivity index (χ1n) is 9.49. The zero-order valence-electron chi connectivity index (χ0n) is 15.1. The largest absolute Gasteiger partial charge is 0.457 e. The van der Waals surface area contributed by atoms with Crippen molar-refractivity contribution in [2.45, 2.75) is 24.8 Å². The van der Waals surface area contributed by atoms with Gasteiger partial charge in [-0.15, -0.1) is 0 Å². The minimum absolute atomic E-state index is 0.181. The Morgan fingerprint density at radius 1 is 0.815 bits per heavy atom. The topological polar surface area (TPSA) is 29.5 Å². The van der Waals surface area contributed by atoms with Gasteiger partial charge in [0.05, 0.1) is 0 Å². The van der Waals surface area contributed by atoms with E-state index in [9.17, 15) is 4.79 Å². The number of amides is 1. The summed E-state index contributed by atoms with van der Waals surface area (Å²) < 4.78 is 6.14. The lowest BCUT2D eigenvalue weighted by atomic mass is 9.67. The van der Waals surface area contributed by atoms with Crippen LogP contribution in [0.5, 0.6) is 11.5 Å². The van der Waals surface area contributed by atoms with Crippen LogP contribution in [0.25, 0.3) is 0 Å². The highest BCUT2D eigenvalue weighted by Gasteiger charge is 2.51. The van der Waals surface area contributed by atoms with Crippen molar-refractivity contribution >= 4 is 5.91 Å². The Hall–Kier alpha value is -3.07. The molecule has 2 heterocycles. The highest BCUT2D eigenvalue weighted by Crippen LogP contribution is 2.52. The molecule has 1 saturated heterocycles. The molecule has 0 aliphatic carbocycles. The van der Waals surface area contributed by atoms with Crippen molar-refractivity contribution in [1.29, 1.82) is 0 Å². The monoisotopic (exact) mass is 355 g/mol. The molecule has 0 saturated carbocycles. The van der Waals surface area contributed by atoms with Crippen molar-refractivity contribution in [2.75, 3.05) is 6.54 Å². The first kappa shape index (κ1) is 16.1. The molecule has 2 aliphatic rings. The molecule has 3 nitrogen and oxygen atoms in total. The minimum atomic E-state index is -0.654. The number of hydrogen-bond acceptors (Lipinski definition) is 2. The smallest absolute Gasteiger partial charge is 0.238 e. The molecule has 0 N–H and O–H groups in total. The Bertz CT molecular complexity index is 951. The summed E-state index contributed by atoms with van der Waals surface area (Å²) in [7, 11) is 0. The number of para-hydroxylation sites is 2. The third-order valence-corrected chi connectivity index (χ3v) is 5.76. The minimum Gasteiger partial charge on any atom is -0.457 e. The number of ether oxygens (including phenoxy) is 1. The van der Waals surface area contributed by atoms with Crippen LogP contribution in [0.15, 0.2) is 78.9 Å². The molecule has 0 unspecified atom stereocenters. The van der Waals surface area contributed by atoms with Crippen LogP contribution in [-0.4, -0.2) is 17.4 Å². The van der Waals surface area contributed by atoms with Gasteiger partial charge in [0.2, 0.25) is 5.91 Å². The average molecular weight is 355 g/mol. The van der Waals surface area contributed by atoms with E-state index in [2.05, 4.69) is 24.3 Å². The fourth-order valence-electron chi connectivity index (χ4n) is 4.55. The molecule has 0 atom stereocenters. The predicted molar refractivity (Wildman–Crippen MR) is 105 cm³/mol. The van der Waals surface area contributed by atoms with Gasteiger partial charge < -0.3 is 9.64 Å². The molecular weight excluding hydrogens is 334 g/mol. The molecule has 3 aromatic carbocycles. The van der Waals surface area contributed by atoms with E-state index < -0.39 is 5.41 Å². The Balaban J connectivity index is 1.63. The van der Waals surface area contributed by atoms with Gasteiger partial charge in [0.1, 0.15) is 16.9 Å². The highest BCUT2D eigenvalue weighted by molar-refractivity contribution is 5.95. The summed E-state index contributed by atoms with van der Waals surface area (Å²) in [6.07, 6.45) is 1.79. The van der Waals surface area contributed by atoms with Crippen LogP contribution >= 0.6 is 0 Å². The zero-order chi connectivity index (χ0) is 18.3. The second-order valence-electron chi connectivity index (χ2n) is 7.32. The van der Waals surface area contributed by atoms with E-state index in [-0.39, 0.29) is 5.91 Å². The molecule has 0 radical (unpaired) electrons. The highest BCUT2D eigenvalue weighted by atomic mass is 16.5. The van der Waals surface area contributed by atoms with E-state index in [1.165, 1.54) is 0 Å². The van der Waals surface area contributed by atoms with E-state index in [1.807, 2.05) is 59.5 Å². The molecule has 1 amide bonds. The number of benzene rings is 3. The van der Waals surface area contributed by atoms with Gasteiger partial charge in [-0.3, -0.25) is 4.79 Å². The molecular formula is C24H21NO2. The van der Waals surface area contributed by atoms with Crippen LogP contribution in [-0.2, 0) is 16.8 Å². The molecule has 1 spiro atoms. The number of likely N-dealkylation sites (tertiary alicyclic amines) is 1. The van der Waals surface area contributed by atoms with Crippen LogP contribution in [0.1, 0.15) is 29.5 Å². The van der Waals surface area contributed by atoms with Gasteiger partial charge >= 0.3 is 0 Å². The van der Waals surface area contributed by atoms with Crippen molar-refractivity contribution in [3.05, 3.63) is 95.6 Å². The third-order valence-electron chi connectivity index (χ3n) is 5.76. The first-order valence-corrected chi connectivity index (χ1v) is 9.49. The third kappa shape index (κ3) is 2.46. The Kier molecular flexibility index (Phi) is 3.75. The van der Waals surface area contributed by atoms with Gasteiger partial charge in [0.25, 0.3) is 0 Å². The molecule has 0 bridgehead atoms. The summed E-state index contributed by atoms with van der Waals surface area (Å²) in [5, 5.41) is 0. The lowest BCUT2D eigenvalue weighted by Crippen LogP contribution is -2.52. The quantitative estimate of drug-likeness (QED) is 0.654. The van der Waals surface area contributed by atoms with E-state index in [1.54, 1.807) is 0 Å². The number of hydrogen-bond donors (Lipinski definition) is 0. The lowest BCUT2D eigenvalue weighted by Gasteiger charge is -2.45. The number of piperidine rings is 1. The fraction of sp³-hybridized carbons (Fsp3) is 0.208. The number of carbonyl (C=O) groups excluding carboxylic acids is 1. The molecule has 3 heteroatoms. The van der Waals surface area contributed by atoms with Crippen LogP contribution in [0, 0.1) is 0 Å². The van der Waals surface area contributed by atoms with Crippen molar-refractivity contribution in [3.8, 4) is 11.5 Å². The summed E-state index contributed by atoms with van der Waals surface area (Å²) in [5.74, 6) is 1.78. The van der Waals surface area contributed by atoms with Crippen LogP contribution in [0.4, 0.5) is 0 Å². The van der Waals surface area contributed by atoms with E-state index >= 15 is 0 Å². The number of carbonyl (C=O) groups is 1. The molecule has 0 aromatic heterocycles. The molecule has 3 aromatic rings. The van der Waals surface area contributed by atoms with Crippen molar-refractivity contribution < 1.29 is 9.53 Å². The van der Waals surface area contributed by atoms with E-state index in [0.717, 1.165) is 47.6 Å². The van der Waals surface area contributed by atoms with Crippen molar-refractivity contribution in [2.24, 2.45) is 0 Å². The lowest BCUT2D eigenvalue weighted by molar-refractivity contribution is -0.139. The summed E-state index contributed by atoms with van der Waals surface area (Å²) in [5.41, 5.74) is 2.49. The molecule has 134 valence electrons. The number of rotatable bonds is 2. The van der Waals surface area contributed by atoms with Crippen LogP contribution in [0.3, 0.4) is 0 Å². The number of nitrogens with zero attached hydrogens (tertiary/aromatic N) is 1. The number of fused-ring (bicyclic) bond motifs is 4. The van der Waals surface area contributed by atoms with Gasteiger partial charge in [0.15, 0.2) is 0 Å². The normalized spacial score (nSPS) is 17.2. The predicted octanol–water partition coefficient (Wildman–Crippen LogP) is 4.90. The second kappa shape index (κ2) is 6.27. The van der Waals surface area contributed by atoms with Gasteiger partial charge in [-0.2, -0.15) is 0 Å². The summed E-state index contributed by atoms with van der Waals surface area (Å²) in [4.78, 5) is 15.9. The van der Waals surface area contributed by atoms with E-state index in [4.69, 9.17) is 4.74 Å². The summed E-state index contributed by atoms with van der Waals surface area (Å²) >= 11 is 0. The Labute approximate surface area is 159 Å². The maximum Gasteiger partial charge on any atom is 0.238 e. The Morgan fingerprint density at radius 2 is 1.41 bits per heavy atom. The van der Waals surface area contributed by atoms with Crippen molar-refractivity contribution in [1.82, 2.24) is 4.90 Å². The Morgan fingerprint density at radius 3 is 2.07 bits per heavy atom. The van der Waals surface area contributed by atoms with Gasteiger partial charge in [-0.25, -0.2) is 0 Å². The van der Waals surface area contributed by atoms with Crippen LogP contribution in [0.2, 0.25) is 0 Å². The maximum absolute atomic E-state index is 13.9. The first-order chi connectivity index (χ1) is 13.3. The van der Waals surface area contributed by atoms with Gasteiger partial charge in [-0.05, 0) is 30.5 Å². The SMILES string of the molecule is O=C1N(Cc2ccccc2)CCCC12c1ccccc1Oc1ccccc12. The molecule has 5 rings (SSSR count). The standard InChI is InChI=1S/C24H21NO2/c26-23-24(15-8-16-25(23)17-18-9-2-1-3-10-18)19-11-4-6-13-21(19)27-22-14-7-5-12-20(22)24/h1-7,9-14H,8,15-17H2. The van der Waals surface area contributed by atoms with E-state index in [0.29, 0.717) is 6.54 Å². The molecule has 1 fully saturated rings. The summed E-state index contributed by atoms with van der Waals surface area (Å²) in [6.45, 7) is 1.44. The zero-order valence-corrected chi connectivity index (χ0v) is 15.1.